The smallest absolute Gasteiger partial charge is 0.191 e. The van der Waals surface area contributed by atoms with Gasteiger partial charge in [0.25, 0.3) is 0 Å². The minimum Gasteiger partial charge on any atom is -0.494 e. The first kappa shape index (κ1) is 20.7. The summed E-state index contributed by atoms with van der Waals surface area (Å²) in [6.45, 7) is 7.85. The molecule has 2 rings (SSSR count). The Bertz CT molecular complexity index is 741. The number of rotatable bonds is 9. The quantitative estimate of drug-likeness (QED) is 0.512. The Balaban J connectivity index is 1.98. The van der Waals surface area contributed by atoms with Gasteiger partial charge in [-0.05, 0) is 37.5 Å². The van der Waals surface area contributed by atoms with E-state index >= 15 is 0 Å². The van der Waals surface area contributed by atoms with Crippen molar-refractivity contribution < 1.29 is 13.7 Å². The monoisotopic (exact) mass is 376 g/mol. The first-order valence-corrected chi connectivity index (χ1v) is 9.41. The number of nitrogens with one attached hydrogen (secondary N) is 2. The Kier molecular flexibility index (Phi) is 8.10. The van der Waals surface area contributed by atoms with Crippen LogP contribution in [0.5, 0.6) is 5.75 Å². The van der Waals surface area contributed by atoms with Gasteiger partial charge in [-0.2, -0.15) is 0 Å². The van der Waals surface area contributed by atoms with Gasteiger partial charge >= 0.3 is 0 Å². The summed E-state index contributed by atoms with van der Waals surface area (Å²) in [6.07, 6.45) is 2.08. The molecule has 0 aliphatic heterocycles. The summed E-state index contributed by atoms with van der Waals surface area (Å²) in [7, 11) is 1.45. The van der Waals surface area contributed by atoms with Crippen molar-refractivity contribution >= 4 is 5.96 Å². The van der Waals surface area contributed by atoms with Crippen molar-refractivity contribution in [1.82, 2.24) is 15.8 Å². The molecule has 6 nitrogen and oxygen atoms in total. The van der Waals surface area contributed by atoms with Crippen molar-refractivity contribution in [2.45, 2.75) is 52.6 Å². The highest BCUT2D eigenvalue weighted by atomic mass is 19.1. The molecule has 2 N–H and O–H groups in total. The number of hydrogen-bond donors (Lipinski definition) is 2. The first-order chi connectivity index (χ1) is 13.1. The molecule has 2 aromatic rings. The summed E-state index contributed by atoms with van der Waals surface area (Å²) in [4.78, 5) is 4.49. The minimum atomic E-state index is -0.390. The molecular formula is C20H29FN4O2. The van der Waals surface area contributed by atoms with E-state index in [0.29, 0.717) is 25.0 Å². The van der Waals surface area contributed by atoms with Crippen LogP contribution in [0.2, 0.25) is 0 Å². The molecule has 0 fully saturated rings. The number of benzene rings is 1. The van der Waals surface area contributed by atoms with E-state index in [2.05, 4.69) is 34.6 Å². The molecule has 0 unspecified atom stereocenters. The van der Waals surface area contributed by atoms with E-state index in [0.717, 1.165) is 36.4 Å². The minimum absolute atomic E-state index is 0.228. The zero-order chi connectivity index (χ0) is 19.6. The number of aliphatic imine (C=N–C) groups is 1. The van der Waals surface area contributed by atoms with Crippen LogP contribution in [0.3, 0.4) is 0 Å². The molecule has 0 atom stereocenters. The standard InChI is InChI=1S/C20H29FN4O2/c1-5-15(6-2)18-11-16(27-25-18)13-24-20(22-7-3)23-12-14-8-9-19(26-4)17(21)10-14/h8-11,15H,5-7,12-13H2,1-4H3,(H2,22,23,24). The molecule has 1 aromatic carbocycles. The summed E-state index contributed by atoms with van der Waals surface area (Å²) in [5, 5.41) is 10.6. The molecule has 1 heterocycles. The van der Waals surface area contributed by atoms with Gasteiger partial charge < -0.3 is 19.9 Å². The molecule has 0 saturated carbocycles. The average molecular weight is 376 g/mol. The first-order valence-electron chi connectivity index (χ1n) is 9.41. The van der Waals surface area contributed by atoms with Crippen molar-refractivity contribution in [3.8, 4) is 5.75 Å². The SMILES string of the molecule is CCNC(=NCc1ccc(OC)c(F)c1)NCc1cc(C(CC)CC)no1. The van der Waals surface area contributed by atoms with E-state index in [1.807, 2.05) is 13.0 Å². The number of aromatic nitrogens is 1. The van der Waals surface area contributed by atoms with Crippen molar-refractivity contribution in [1.29, 1.82) is 0 Å². The maximum Gasteiger partial charge on any atom is 0.191 e. The fourth-order valence-corrected chi connectivity index (χ4v) is 2.80. The van der Waals surface area contributed by atoms with Crippen LogP contribution in [0.1, 0.15) is 56.5 Å². The number of nitrogens with zero attached hydrogens (tertiary/aromatic N) is 2. The van der Waals surface area contributed by atoms with Crippen LogP contribution in [0.4, 0.5) is 4.39 Å². The van der Waals surface area contributed by atoms with Crippen molar-refractivity contribution in [3.05, 3.63) is 47.1 Å². The lowest BCUT2D eigenvalue weighted by Crippen LogP contribution is -2.36. The van der Waals surface area contributed by atoms with Gasteiger partial charge in [0, 0.05) is 18.5 Å². The highest BCUT2D eigenvalue weighted by Crippen LogP contribution is 2.22. The highest BCUT2D eigenvalue weighted by molar-refractivity contribution is 5.79. The Hall–Kier alpha value is -2.57. The molecule has 27 heavy (non-hydrogen) atoms. The predicted molar refractivity (Wildman–Crippen MR) is 104 cm³/mol. The van der Waals surface area contributed by atoms with E-state index in [9.17, 15) is 4.39 Å². The van der Waals surface area contributed by atoms with Crippen LogP contribution >= 0.6 is 0 Å². The van der Waals surface area contributed by atoms with Crippen LogP contribution in [0.15, 0.2) is 33.8 Å². The Labute approximate surface area is 160 Å². The number of ether oxygens (including phenoxy) is 1. The fourth-order valence-electron chi connectivity index (χ4n) is 2.80. The number of halogens is 1. The van der Waals surface area contributed by atoms with Gasteiger partial charge in [0.05, 0.1) is 25.9 Å². The molecule has 0 aliphatic rings. The molecule has 0 amide bonds. The Morgan fingerprint density at radius 3 is 2.63 bits per heavy atom. The Morgan fingerprint density at radius 2 is 2.00 bits per heavy atom. The lowest BCUT2D eigenvalue weighted by atomic mass is 9.99. The third kappa shape index (κ3) is 5.98. The van der Waals surface area contributed by atoms with Gasteiger partial charge in [-0.15, -0.1) is 0 Å². The third-order valence-electron chi connectivity index (χ3n) is 4.39. The van der Waals surface area contributed by atoms with Crippen LogP contribution < -0.4 is 15.4 Å². The lowest BCUT2D eigenvalue weighted by molar-refractivity contribution is 0.368. The number of hydrogen-bond acceptors (Lipinski definition) is 4. The van der Waals surface area contributed by atoms with Gasteiger partial charge in [0.2, 0.25) is 0 Å². The topological polar surface area (TPSA) is 71.7 Å². The molecule has 0 saturated heterocycles. The largest absolute Gasteiger partial charge is 0.494 e. The van der Waals surface area contributed by atoms with E-state index in [1.165, 1.54) is 13.2 Å². The van der Waals surface area contributed by atoms with Crippen molar-refractivity contribution in [3.63, 3.8) is 0 Å². The zero-order valence-electron chi connectivity index (χ0n) is 16.5. The van der Waals surface area contributed by atoms with Gasteiger partial charge in [-0.3, -0.25) is 0 Å². The number of methoxy groups -OCH3 is 1. The molecule has 0 aliphatic carbocycles. The molecule has 148 valence electrons. The number of guanidine groups is 1. The highest BCUT2D eigenvalue weighted by Gasteiger charge is 2.13. The maximum atomic E-state index is 13.8. The van der Waals surface area contributed by atoms with E-state index < -0.39 is 5.82 Å². The van der Waals surface area contributed by atoms with Crippen LogP contribution in [-0.4, -0.2) is 24.8 Å². The molecule has 7 heteroatoms. The van der Waals surface area contributed by atoms with Gasteiger partial charge in [0.1, 0.15) is 0 Å². The summed E-state index contributed by atoms with van der Waals surface area (Å²) < 4.78 is 24.2. The Morgan fingerprint density at radius 1 is 1.22 bits per heavy atom. The lowest BCUT2D eigenvalue weighted by Gasteiger charge is -2.10. The van der Waals surface area contributed by atoms with Gasteiger partial charge in [0.15, 0.2) is 23.3 Å². The van der Waals surface area contributed by atoms with Crippen LogP contribution in [0, 0.1) is 5.82 Å². The second-order valence-electron chi connectivity index (χ2n) is 6.25. The van der Waals surface area contributed by atoms with E-state index in [4.69, 9.17) is 9.26 Å². The molecule has 0 radical (unpaired) electrons. The van der Waals surface area contributed by atoms with E-state index in [1.54, 1.807) is 12.1 Å². The normalized spacial score (nSPS) is 11.7. The third-order valence-corrected chi connectivity index (χ3v) is 4.39. The molecule has 1 aromatic heterocycles. The summed E-state index contributed by atoms with van der Waals surface area (Å²) >= 11 is 0. The molecule has 0 spiro atoms. The molecule has 0 bridgehead atoms. The second kappa shape index (κ2) is 10.5. The van der Waals surface area contributed by atoms with Crippen LogP contribution in [-0.2, 0) is 13.1 Å². The molecular weight excluding hydrogens is 347 g/mol. The van der Waals surface area contributed by atoms with Crippen molar-refractivity contribution in [2.24, 2.45) is 4.99 Å². The van der Waals surface area contributed by atoms with Crippen LogP contribution in [0.25, 0.3) is 0 Å². The van der Waals surface area contributed by atoms with Gasteiger partial charge in [-0.25, -0.2) is 9.38 Å². The zero-order valence-corrected chi connectivity index (χ0v) is 16.5. The summed E-state index contributed by atoms with van der Waals surface area (Å²) in [5.41, 5.74) is 1.76. The fraction of sp³-hybridized carbons (Fsp3) is 0.500. The predicted octanol–water partition coefficient (Wildman–Crippen LogP) is 3.98. The van der Waals surface area contributed by atoms with Crippen molar-refractivity contribution in [2.75, 3.05) is 13.7 Å². The summed E-state index contributed by atoms with van der Waals surface area (Å²) in [6, 6.07) is 6.83. The van der Waals surface area contributed by atoms with Gasteiger partial charge in [-0.1, -0.05) is 25.1 Å². The second-order valence-corrected chi connectivity index (χ2v) is 6.25. The van der Waals surface area contributed by atoms with E-state index in [-0.39, 0.29) is 5.75 Å². The average Bonchev–Trinajstić information content (AvgIpc) is 3.14. The summed E-state index contributed by atoms with van der Waals surface area (Å²) in [5.74, 6) is 1.66. The maximum absolute atomic E-state index is 13.8.